The average molecular weight is 269 g/mol. The van der Waals surface area contributed by atoms with E-state index in [-0.39, 0.29) is 0 Å². The highest BCUT2D eigenvalue weighted by Crippen LogP contribution is 2.30. The standard InChI is InChI=1S/C15H15N3O2/c1-20-14-8-7-11(10-17-18-15(16)19)9-13(14)12-5-3-2-4-6-12/h2-10H,1H3,(H3,16,18,19). The summed E-state index contributed by atoms with van der Waals surface area (Å²) in [6.45, 7) is 0. The molecule has 0 saturated heterocycles. The Hall–Kier alpha value is -2.82. The van der Waals surface area contributed by atoms with Gasteiger partial charge >= 0.3 is 6.03 Å². The average Bonchev–Trinajstić information content (AvgIpc) is 2.47. The third kappa shape index (κ3) is 3.35. The summed E-state index contributed by atoms with van der Waals surface area (Å²) in [7, 11) is 1.63. The van der Waals surface area contributed by atoms with Gasteiger partial charge in [-0.25, -0.2) is 10.2 Å². The second-order valence-corrected chi connectivity index (χ2v) is 4.06. The second-order valence-electron chi connectivity index (χ2n) is 4.06. The monoisotopic (exact) mass is 269 g/mol. The van der Waals surface area contributed by atoms with Crippen molar-refractivity contribution in [2.24, 2.45) is 10.8 Å². The molecule has 3 N–H and O–H groups in total. The molecule has 0 aliphatic heterocycles. The quantitative estimate of drug-likeness (QED) is 0.660. The van der Waals surface area contributed by atoms with Crippen molar-refractivity contribution < 1.29 is 9.53 Å². The lowest BCUT2D eigenvalue weighted by Crippen LogP contribution is -2.24. The highest BCUT2D eigenvalue weighted by atomic mass is 16.5. The smallest absolute Gasteiger partial charge is 0.332 e. The number of nitrogens with one attached hydrogen (secondary N) is 1. The molecule has 0 aromatic heterocycles. The predicted molar refractivity (Wildman–Crippen MR) is 78.7 cm³/mol. The second kappa shape index (κ2) is 6.38. The van der Waals surface area contributed by atoms with Gasteiger partial charge in [-0.15, -0.1) is 0 Å². The Labute approximate surface area is 117 Å². The molecule has 2 amide bonds. The largest absolute Gasteiger partial charge is 0.496 e. The van der Waals surface area contributed by atoms with Crippen LogP contribution in [-0.4, -0.2) is 19.4 Å². The molecule has 0 unspecified atom stereocenters. The van der Waals surface area contributed by atoms with Crippen LogP contribution in [0, 0.1) is 0 Å². The van der Waals surface area contributed by atoms with Gasteiger partial charge in [0.1, 0.15) is 5.75 Å². The lowest BCUT2D eigenvalue weighted by molar-refractivity contribution is 0.249. The molecule has 0 aliphatic rings. The molecule has 0 fully saturated rings. The first-order chi connectivity index (χ1) is 9.70. The van der Waals surface area contributed by atoms with Crippen LogP contribution in [0.4, 0.5) is 4.79 Å². The highest BCUT2D eigenvalue weighted by Gasteiger charge is 2.05. The van der Waals surface area contributed by atoms with Crippen molar-refractivity contribution >= 4 is 12.2 Å². The van der Waals surface area contributed by atoms with Gasteiger partial charge in [-0.1, -0.05) is 30.3 Å². The SMILES string of the molecule is COc1ccc(C=NNC(N)=O)cc1-c1ccccc1. The molecule has 0 saturated carbocycles. The van der Waals surface area contributed by atoms with Crippen molar-refractivity contribution in [1.29, 1.82) is 0 Å². The minimum Gasteiger partial charge on any atom is -0.496 e. The molecule has 2 rings (SSSR count). The lowest BCUT2D eigenvalue weighted by Gasteiger charge is -2.09. The van der Waals surface area contributed by atoms with E-state index in [1.807, 2.05) is 48.5 Å². The number of rotatable bonds is 4. The molecule has 2 aromatic carbocycles. The molecule has 102 valence electrons. The van der Waals surface area contributed by atoms with Gasteiger partial charge < -0.3 is 10.5 Å². The molecule has 5 nitrogen and oxygen atoms in total. The van der Waals surface area contributed by atoms with Gasteiger partial charge in [-0.2, -0.15) is 5.10 Å². The molecular weight excluding hydrogens is 254 g/mol. The van der Waals surface area contributed by atoms with Gasteiger partial charge in [0.25, 0.3) is 0 Å². The first kappa shape index (κ1) is 13.6. The molecule has 5 heteroatoms. The van der Waals surface area contributed by atoms with Crippen molar-refractivity contribution in [2.45, 2.75) is 0 Å². The molecule has 0 radical (unpaired) electrons. The summed E-state index contributed by atoms with van der Waals surface area (Å²) in [6, 6.07) is 14.8. The van der Waals surface area contributed by atoms with E-state index in [1.165, 1.54) is 6.21 Å². The summed E-state index contributed by atoms with van der Waals surface area (Å²) >= 11 is 0. The number of hydrogen-bond acceptors (Lipinski definition) is 3. The molecule has 20 heavy (non-hydrogen) atoms. The Morgan fingerprint density at radius 1 is 1.25 bits per heavy atom. The van der Waals surface area contributed by atoms with E-state index in [2.05, 4.69) is 10.5 Å². The first-order valence-corrected chi connectivity index (χ1v) is 6.02. The van der Waals surface area contributed by atoms with E-state index in [0.29, 0.717) is 0 Å². The number of carbonyl (C=O) groups is 1. The number of carbonyl (C=O) groups excluding carboxylic acids is 1. The molecule has 0 heterocycles. The van der Waals surface area contributed by atoms with Crippen LogP contribution in [0.5, 0.6) is 5.75 Å². The number of hydrazone groups is 1. The molecule has 0 atom stereocenters. The molecular formula is C15H15N3O2. The van der Waals surface area contributed by atoms with E-state index in [0.717, 1.165) is 22.4 Å². The minimum atomic E-state index is -0.696. The van der Waals surface area contributed by atoms with E-state index >= 15 is 0 Å². The van der Waals surface area contributed by atoms with Gasteiger partial charge in [-0.3, -0.25) is 0 Å². The number of ether oxygens (including phenoxy) is 1. The Bertz CT molecular complexity index is 624. The topological polar surface area (TPSA) is 76.7 Å². The third-order valence-electron chi connectivity index (χ3n) is 2.70. The number of benzene rings is 2. The lowest BCUT2D eigenvalue weighted by atomic mass is 10.0. The summed E-state index contributed by atoms with van der Waals surface area (Å²) in [4.78, 5) is 10.6. The highest BCUT2D eigenvalue weighted by molar-refractivity contribution is 5.85. The maximum absolute atomic E-state index is 10.6. The van der Waals surface area contributed by atoms with Gasteiger partial charge in [0.05, 0.1) is 13.3 Å². The van der Waals surface area contributed by atoms with Gasteiger partial charge in [-0.05, 0) is 29.3 Å². The molecule has 0 aliphatic carbocycles. The van der Waals surface area contributed by atoms with E-state index in [9.17, 15) is 4.79 Å². The van der Waals surface area contributed by atoms with Crippen molar-refractivity contribution in [3.63, 3.8) is 0 Å². The molecule has 0 spiro atoms. The van der Waals surface area contributed by atoms with Crippen LogP contribution in [-0.2, 0) is 0 Å². The minimum absolute atomic E-state index is 0.696. The predicted octanol–water partition coefficient (Wildman–Crippen LogP) is 2.36. The van der Waals surface area contributed by atoms with E-state index in [1.54, 1.807) is 7.11 Å². The fourth-order valence-electron chi connectivity index (χ4n) is 1.82. The van der Waals surface area contributed by atoms with Crippen molar-refractivity contribution in [3.8, 4) is 16.9 Å². The van der Waals surface area contributed by atoms with Gasteiger partial charge in [0, 0.05) is 5.56 Å². The van der Waals surface area contributed by atoms with Crippen molar-refractivity contribution in [3.05, 3.63) is 54.1 Å². The summed E-state index contributed by atoms with van der Waals surface area (Å²) < 4.78 is 5.36. The summed E-state index contributed by atoms with van der Waals surface area (Å²) in [5, 5.41) is 3.74. The van der Waals surface area contributed by atoms with Crippen LogP contribution in [0.25, 0.3) is 11.1 Å². The van der Waals surface area contributed by atoms with Crippen molar-refractivity contribution in [1.82, 2.24) is 5.43 Å². The maximum Gasteiger partial charge on any atom is 0.332 e. The maximum atomic E-state index is 10.6. The number of amides is 2. The zero-order chi connectivity index (χ0) is 14.4. The van der Waals surface area contributed by atoms with Crippen LogP contribution >= 0.6 is 0 Å². The molecule has 2 aromatic rings. The summed E-state index contributed by atoms with van der Waals surface area (Å²) in [5.74, 6) is 0.774. The van der Waals surface area contributed by atoms with Crippen LogP contribution < -0.4 is 15.9 Å². The zero-order valence-electron chi connectivity index (χ0n) is 11.0. The van der Waals surface area contributed by atoms with Gasteiger partial charge in [0.15, 0.2) is 0 Å². The third-order valence-corrected chi connectivity index (χ3v) is 2.70. The molecule has 0 bridgehead atoms. The Kier molecular flexibility index (Phi) is 4.34. The number of urea groups is 1. The first-order valence-electron chi connectivity index (χ1n) is 6.02. The van der Waals surface area contributed by atoms with Gasteiger partial charge in [0.2, 0.25) is 0 Å². The van der Waals surface area contributed by atoms with Crippen molar-refractivity contribution in [2.75, 3.05) is 7.11 Å². The Balaban J connectivity index is 2.35. The van der Waals surface area contributed by atoms with Crippen LogP contribution in [0.1, 0.15) is 5.56 Å². The fourth-order valence-corrected chi connectivity index (χ4v) is 1.82. The van der Waals surface area contributed by atoms with E-state index in [4.69, 9.17) is 10.5 Å². The zero-order valence-corrected chi connectivity index (χ0v) is 11.0. The van der Waals surface area contributed by atoms with E-state index < -0.39 is 6.03 Å². The fraction of sp³-hybridized carbons (Fsp3) is 0.0667. The van der Waals surface area contributed by atoms with Crippen LogP contribution in [0.2, 0.25) is 0 Å². The number of nitrogens with two attached hydrogens (primary N) is 1. The Morgan fingerprint density at radius 3 is 2.65 bits per heavy atom. The number of primary amides is 1. The summed E-state index contributed by atoms with van der Waals surface area (Å²) in [6.07, 6.45) is 1.52. The van der Waals surface area contributed by atoms with Crippen LogP contribution in [0.15, 0.2) is 53.6 Å². The number of hydrogen-bond donors (Lipinski definition) is 2. The normalized spacial score (nSPS) is 10.4. The Morgan fingerprint density at radius 2 is 2.00 bits per heavy atom. The number of nitrogens with zero attached hydrogens (tertiary/aromatic N) is 1. The van der Waals surface area contributed by atoms with Crippen LogP contribution in [0.3, 0.4) is 0 Å². The summed E-state index contributed by atoms with van der Waals surface area (Å²) in [5.41, 5.74) is 9.93. The number of methoxy groups -OCH3 is 1.